The van der Waals surface area contributed by atoms with Gasteiger partial charge < -0.3 is 5.73 Å². The van der Waals surface area contributed by atoms with E-state index in [0.717, 1.165) is 5.56 Å². The lowest BCUT2D eigenvalue weighted by atomic mass is 9.86. The molecule has 0 saturated carbocycles. The minimum Gasteiger partial charge on any atom is -0.395 e. The quantitative estimate of drug-likeness (QED) is 0.857. The van der Waals surface area contributed by atoms with Crippen LogP contribution >= 0.6 is 0 Å². The number of benzene rings is 2. The summed E-state index contributed by atoms with van der Waals surface area (Å²) in [5.41, 5.74) is 7.90. The maximum Gasteiger partial charge on any atom is 0.202 e. The van der Waals surface area contributed by atoms with E-state index in [1.54, 1.807) is 24.3 Å². The Morgan fingerprint density at radius 3 is 1.81 bits per heavy atom. The van der Waals surface area contributed by atoms with Gasteiger partial charge in [-0.05, 0) is 17.2 Å². The highest BCUT2D eigenvalue weighted by molar-refractivity contribution is 6.49. The average Bonchev–Trinajstić information content (AvgIpc) is 2.53. The third-order valence-corrected chi connectivity index (χ3v) is 3.43. The van der Waals surface area contributed by atoms with Crippen molar-refractivity contribution in [2.75, 3.05) is 0 Å². The van der Waals surface area contributed by atoms with E-state index < -0.39 is 0 Å². The highest BCUT2D eigenvalue weighted by Crippen LogP contribution is 2.30. The Bertz CT molecular complexity index is 771. The van der Waals surface area contributed by atoms with Crippen molar-refractivity contribution in [2.45, 2.75) is 0 Å². The van der Waals surface area contributed by atoms with Crippen molar-refractivity contribution < 1.29 is 9.59 Å². The molecule has 3 heteroatoms. The molecular weight excluding hydrogens is 262 g/mol. The summed E-state index contributed by atoms with van der Waals surface area (Å²) in [6.07, 6.45) is 1.32. The van der Waals surface area contributed by atoms with Crippen LogP contribution in [0.4, 0.5) is 0 Å². The summed E-state index contributed by atoms with van der Waals surface area (Å²) in [4.78, 5) is 24.8. The number of Topliss-reactive ketones (excluding diaryl/α,β-unsaturated/α-hetero) is 1. The molecule has 2 aromatic carbocycles. The van der Waals surface area contributed by atoms with Gasteiger partial charge >= 0.3 is 0 Å². The van der Waals surface area contributed by atoms with Crippen molar-refractivity contribution in [1.82, 2.24) is 0 Å². The van der Waals surface area contributed by atoms with Crippen LogP contribution in [0.2, 0.25) is 0 Å². The van der Waals surface area contributed by atoms with Crippen LogP contribution in [0.3, 0.4) is 0 Å². The summed E-state index contributed by atoms with van der Waals surface area (Å²) in [7, 11) is 0. The van der Waals surface area contributed by atoms with Crippen LogP contribution < -0.4 is 5.73 Å². The number of hydrogen-bond donors (Lipinski definition) is 1. The molecule has 0 aliphatic heterocycles. The van der Waals surface area contributed by atoms with Crippen molar-refractivity contribution in [3.05, 3.63) is 83.6 Å². The topological polar surface area (TPSA) is 60.2 Å². The first-order chi connectivity index (χ1) is 10.2. The first kappa shape index (κ1) is 13.1. The Kier molecular flexibility index (Phi) is 3.24. The van der Waals surface area contributed by atoms with Gasteiger partial charge in [-0.2, -0.15) is 0 Å². The molecule has 0 bridgehead atoms. The molecule has 2 N–H and O–H groups in total. The summed E-state index contributed by atoms with van der Waals surface area (Å²) < 4.78 is 0. The van der Waals surface area contributed by atoms with E-state index in [-0.39, 0.29) is 22.8 Å². The van der Waals surface area contributed by atoms with E-state index >= 15 is 0 Å². The maximum atomic E-state index is 12.7. The van der Waals surface area contributed by atoms with Gasteiger partial charge in [0.1, 0.15) is 0 Å². The van der Waals surface area contributed by atoms with Crippen LogP contribution in [-0.2, 0) is 9.59 Å². The van der Waals surface area contributed by atoms with Crippen molar-refractivity contribution in [3.63, 3.8) is 0 Å². The van der Waals surface area contributed by atoms with Crippen LogP contribution in [0.5, 0.6) is 0 Å². The van der Waals surface area contributed by atoms with Gasteiger partial charge in [0.2, 0.25) is 5.78 Å². The molecule has 0 radical (unpaired) electrons. The van der Waals surface area contributed by atoms with Crippen molar-refractivity contribution >= 4 is 22.7 Å². The van der Waals surface area contributed by atoms with E-state index in [1.165, 1.54) is 6.08 Å². The fraction of sp³-hybridized carbons (Fsp3) is 0. The zero-order chi connectivity index (χ0) is 14.8. The van der Waals surface area contributed by atoms with E-state index in [9.17, 15) is 9.59 Å². The van der Waals surface area contributed by atoms with E-state index in [1.807, 2.05) is 36.4 Å². The molecule has 3 nitrogen and oxygen atoms in total. The first-order valence-electron chi connectivity index (χ1n) is 6.60. The standard InChI is InChI=1S/C18H13NO2/c19-17-15(20)11-14(12-7-3-1-4-8-12)18(21)16(17)13-9-5-2-6-10-13/h1-11H,19H2. The third-order valence-electron chi connectivity index (χ3n) is 3.43. The normalized spacial score (nSPS) is 15.1. The summed E-state index contributed by atoms with van der Waals surface area (Å²) in [6, 6.07) is 18.2. The maximum absolute atomic E-state index is 12.7. The Labute approximate surface area is 122 Å². The molecule has 0 aromatic heterocycles. The predicted molar refractivity (Wildman–Crippen MR) is 82.0 cm³/mol. The molecule has 0 spiro atoms. The number of nitrogens with two attached hydrogens (primary N) is 1. The van der Waals surface area contributed by atoms with Crippen LogP contribution in [0.1, 0.15) is 11.1 Å². The Morgan fingerprint density at radius 2 is 1.24 bits per heavy atom. The van der Waals surface area contributed by atoms with Crippen LogP contribution in [0.25, 0.3) is 11.1 Å². The van der Waals surface area contributed by atoms with Crippen LogP contribution in [-0.4, -0.2) is 11.6 Å². The monoisotopic (exact) mass is 275 g/mol. The van der Waals surface area contributed by atoms with Crippen molar-refractivity contribution in [1.29, 1.82) is 0 Å². The minimum absolute atomic E-state index is 0.00545. The zero-order valence-electron chi connectivity index (χ0n) is 11.2. The molecule has 0 fully saturated rings. The molecule has 0 atom stereocenters. The lowest BCUT2D eigenvalue weighted by Gasteiger charge is -2.17. The highest BCUT2D eigenvalue weighted by atomic mass is 16.1. The van der Waals surface area contributed by atoms with Gasteiger partial charge in [0.15, 0.2) is 5.78 Å². The summed E-state index contributed by atoms with van der Waals surface area (Å²) in [5.74, 6) is -0.545. The molecule has 1 aliphatic rings. The molecular formula is C18H13NO2. The van der Waals surface area contributed by atoms with Gasteiger partial charge in [0.25, 0.3) is 0 Å². The van der Waals surface area contributed by atoms with E-state index in [0.29, 0.717) is 11.1 Å². The smallest absolute Gasteiger partial charge is 0.202 e. The van der Waals surface area contributed by atoms with Gasteiger partial charge in [-0.15, -0.1) is 0 Å². The lowest BCUT2D eigenvalue weighted by molar-refractivity contribution is -0.113. The number of rotatable bonds is 2. The summed E-state index contributed by atoms with van der Waals surface area (Å²) >= 11 is 0. The van der Waals surface area contributed by atoms with Crippen LogP contribution in [0, 0.1) is 0 Å². The fourth-order valence-corrected chi connectivity index (χ4v) is 2.38. The van der Waals surface area contributed by atoms with Crippen LogP contribution in [0.15, 0.2) is 72.4 Å². The second kappa shape index (κ2) is 5.21. The molecule has 1 aliphatic carbocycles. The third kappa shape index (κ3) is 2.30. The fourth-order valence-electron chi connectivity index (χ4n) is 2.38. The number of hydrogen-bond acceptors (Lipinski definition) is 3. The highest BCUT2D eigenvalue weighted by Gasteiger charge is 2.28. The van der Waals surface area contributed by atoms with E-state index in [2.05, 4.69) is 0 Å². The van der Waals surface area contributed by atoms with Gasteiger partial charge in [0, 0.05) is 5.57 Å². The van der Waals surface area contributed by atoms with Gasteiger partial charge in [-0.1, -0.05) is 60.7 Å². The predicted octanol–water partition coefficient (Wildman–Crippen LogP) is 2.59. The number of allylic oxidation sites excluding steroid dienone is 3. The molecule has 0 amide bonds. The second-order valence-corrected chi connectivity index (χ2v) is 4.77. The second-order valence-electron chi connectivity index (χ2n) is 4.77. The first-order valence-corrected chi connectivity index (χ1v) is 6.60. The molecule has 0 saturated heterocycles. The largest absolute Gasteiger partial charge is 0.395 e. The van der Waals surface area contributed by atoms with Gasteiger partial charge in [-0.3, -0.25) is 9.59 Å². The summed E-state index contributed by atoms with van der Waals surface area (Å²) in [6.45, 7) is 0. The number of carbonyl (C=O) groups is 2. The Balaban J connectivity index is 2.12. The van der Waals surface area contributed by atoms with E-state index in [4.69, 9.17) is 5.73 Å². The van der Waals surface area contributed by atoms with Crippen molar-refractivity contribution in [2.24, 2.45) is 5.73 Å². The van der Waals surface area contributed by atoms with Gasteiger partial charge in [0.05, 0.1) is 11.3 Å². The average molecular weight is 275 g/mol. The molecule has 0 unspecified atom stereocenters. The molecule has 0 heterocycles. The minimum atomic E-state index is -0.327. The SMILES string of the molecule is NC1=C(c2ccccc2)C(=O)C(c2ccccc2)=CC1=O. The van der Waals surface area contributed by atoms with Gasteiger partial charge in [-0.25, -0.2) is 0 Å². The molecule has 21 heavy (non-hydrogen) atoms. The molecule has 2 aromatic rings. The number of ketones is 2. The zero-order valence-corrected chi connectivity index (χ0v) is 11.2. The lowest BCUT2D eigenvalue weighted by Crippen LogP contribution is -2.22. The molecule has 102 valence electrons. The molecule has 3 rings (SSSR count). The Morgan fingerprint density at radius 1 is 0.714 bits per heavy atom. The Hall–Kier alpha value is -2.94. The van der Waals surface area contributed by atoms with Crippen molar-refractivity contribution in [3.8, 4) is 0 Å². The number of carbonyl (C=O) groups excluding carboxylic acids is 2. The summed E-state index contributed by atoms with van der Waals surface area (Å²) in [5, 5.41) is 0.